The lowest BCUT2D eigenvalue weighted by Crippen LogP contribution is -2.45. The minimum atomic E-state index is -0.123. The molecule has 2 amide bonds. The number of rotatable bonds is 5. The average molecular weight is 322 g/mol. The van der Waals surface area contributed by atoms with Crippen LogP contribution in [0.5, 0.6) is 0 Å². The molecule has 0 heterocycles. The summed E-state index contributed by atoms with van der Waals surface area (Å²) in [6, 6.07) is 17.4. The molecular formula is C20H22N2O2. The van der Waals surface area contributed by atoms with E-state index in [0.29, 0.717) is 17.8 Å². The van der Waals surface area contributed by atoms with Crippen LogP contribution < -0.4 is 10.6 Å². The van der Waals surface area contributed by atoms with Crippen molar-refractivity contribution in [3.8, 4) is 0 Å². The van der Waals surface area contributed by atoms with E-state index in [-0.39, 0.29) is 17.2 Å². The second-order valence-electron chi connectivity index (χ2n) is 6.44. The van der Waals surface area contributed by atoms with Crippen LogP contribution in [-0.4, -0.2) is 18.4 Å². The molecule has 0 atom stereocenters. The summed E-state index contributed by atoms with van der Waals surface area (Å²) in [5.74, 6) is -0.200. The highest BCUT2D eigenvalue weighted by molar-refractivity contribution is 5.95. The lowest BCUT2D eigenvalue weighted by Gasteiger charge is -2.42. The molecule has 2 aromatic carbocycles. The van der Waals surface area contributed by atoms with E-state index in [2.05, 4.69) is 34.9 Å². The van der Waals surface area contributed by atoms with E-state index in [9.17, 15) is 9.59 Å². The molecule has 1 aliphatic carbocycles. The van der Waals surface area contributed by atoms with Crippen molar-refractivity contribution < 1.29 is 9.59 Å². The van der Waals surface area contributed by atoms with Crippen LogP contribution >= 0.6 is 0 Å². The molecule has 1 fully saturated rings. The van der Waals surface area contributed by atoms with Crippen LogP contribution in [0.3, 0.4) is 0 Å². The normalized spacial score (nSPS) is 15.2. The number of carbonyl (C=O) groups excluding carboxylic acids is 2. The van der Waals surface area contributed by atoms with Gasteiger partial charge in [-0.25, -0.2) is 0 Å². The minimum absolute atomic E-state index is 0.0764. The maximum atomic E-state index is 12.4. The Hall–Kier alpha value is -2.62. The fourth-order valence-corrected chi connectivity index (χ4v) is 3.22. The number of hydrogen-bond acceptors (Lipinski definition) is 2. The third-order valence-corrected chi connectivity index (χ3v) is 4.75. The van der Waals surface area contributed by atoms with Gasteiger partial charge in [-0.15, -0.1) is 0 Å². The maximum absolute atomic E-state index is 12.4. The lowest BCUT2D eigenvalue weighted by molar-refractivity contribution is -0.114. The van der Waals surface area contributed by atoms with Gasteiger partial charge in [-0.2, -0.15) is 0 Å². The molecule has 0 aliphatic heterocycles. The molecule has 0 spiro atoms. The number of amides is 2. The van der Waals surface area contributed by atoms with Gasteiger partial charge in [0.1, 0.15) is 0 Å². The molecule has 3 rings (SSSR count). The van der Waals surface area contributed by atoms with Crippen LogP contribution in [0.4, 0.5) is 5.69 Å². The van der Waals surface area contributed by atoms with Crippen LogP contribution in [0.25, 0.3) is 0 Å². The van der Waals surface area contributed by atoms with Crippen LogP contribution in [0.2, 0.25) is 0 Å². The van der Waals surface area contributed by atoms with Crippen LogP contribution in [-0.2, 0) is 10.2 Å². The van der Waals surface area contributed by atoms with E-state index in [4.69, 9.17) is 0 Å². The van der Waals surface area contributed by atoms with Gasteiger partial charge in [0.05, 0.1) is 0 Å². The zero-order valence-corrected chi connectivity index (χ0v) is 13.8. The molecule has 0 saturated heterocycles. The summed E-state index contributed by atoms with van der Waals surface area (Å²) in [4.78, 5) is 23.4. The quantitative estimate of drug-likeness (QED) is 0.885. The predicted octanol–water partition coefficient (Wildman–Crippen LogP) is 3.50. The summed E-state index contributed by atoms with van der Waals surface area (Å²) < 4.78 is 0. The van der Waals surface area contributed by atoms with Crippen molar-refractivity contribution in [2.45, 2.75) is 31.6 Å². The van der Waals surface area contributed by atoms with Gasteiger partial charge in [-0.3, -0.25) is 9.59 Å². The Labute approximate surface area is 142 Å². The summed E-state index contributed by atoms with van der Waals surface area (Å²) in [6.07, 6.45) is 3.42. The maximum Gasteiger partial charge on any atom is 0.251 e. The van der Waals surface area contributed by atoms with Gasteiger partial charge in [-0.1, -0.05) is 36.8 Å². The van der Waals surface area contributed by atoms with Crippen molar-refractivity contribution in [2.75, 3.05) is 11.9 Å². The Bertz CT molecular complexity index is 719. The molecule has 1 aliphatic rings. The van der Waals surface area contributed by atoms with Crippen LogP contribution in [0.1, 0.15) is 42.1 Å². The van der Waals surface area contributed by atoms with Gasteiger partial charge in [-0.05, 0) is 42.7 Å². The zero-order valence-electron chi connectivity index (χ0n) is 13.8. The SMILES string of the molecule is CC(=O)Nc1ccc(C(=O)NCC2(c3ccccc3)CCC2)cc1. The Balaban J connectivity index is 1.63. The summed E-state index contributed by atoms with van der Waals surface area (Å²) in [5, 5.41) is 5.77. The van der Waals surface area contributed by atoms with Gasteiger partial charge in [0.25, 0.3) is 5.91 Å². The summed E-state index contributed by atoms with van der Waals surface area (Å²) >= 11 is 0. The number of benzene rings is 2. The van der Waals surface area contributed by atoms with E-state index in [1.54, 1.807) is 24.3 Å². The van der Waals surface area contributed by atoms with Crippen molar-refractivity contribution in [1.29, 1.82) is 0 Å². The number of anilines is 1. The van der Waals surface area contributed by atoms with Crippen molar-refractivity contribution in [2.24, 2.45) is 0 Å². The summed E-state index contributed by atoms with van der Waals surface area (Å²) in [5.41, 5.74) is 2.68. The third-order valence-electron chi connectivity index (χ3n) is 4.75. The second-order valence-corrected chi connectivity index (χ2v) is 6.44. The van der Waals surface area contributed by atoms with E-state index in [1.165, 1.54) is 18.9 Å². The van der Waals surface area contributed by atoms with Crippen molar-refractivity contribution in [3.05, 3.63) is 65.7 Å². The van der Waals surface area contributed by atoms with E-state index >= 15 is 0 Å². The molecule has 0 unspecified atom stereocenters. The number of hydrogen-bond donors (Lipinski definition) is 2. The molecule has 1 saturated carbocycles. The van der Waals surface area contributed by atoms with Crippen LogP contribution in [0, 0.1) is 0 Å². The Morgan fingerprint density at radius 2 is 1.67 bits per heavy atom. The fourth-order valence-electron chi connectivity index (χ4n) is 3.22. The molecular weight excluding hydrogens is 300 g/mol. The van der Waals surface area contributed by atoms with Gasteiger partial charge < -0.3 is 10.6 Å². The minimum Gasteiger partial charge on any atom is -0.351 e. The Morgan fingerprint density at radius 3 is 2.21 bits per heavy atom. The molecule has 4 heteroatoms. The van der Waals surface area contributed by atoms with Crippen molar-refractivity contribution >= 4 is 17.5 Å². The van der Waals surface area contributed by atoms with E-state index < -0.39 is 0 Å². The van der Waals surface area contributed by atoms with Gasteiger partial charge in [0.2, 0.25) is 5.91 Å². The summed E-state index contributed by atoms with van der Waals surface area (Å²) in [7, 11) is 0. The zero-order chi connectivity index (χ0) is 17.0. The number of carbonyl (C=O) groups is 2. The highest BCUT2D eigenvalue weighted by atomic mass is 16.2. The van der Waals surface area contributed by atoms with Gasteiger partial charge in [0.15, 0.2) is 0 Å². The van der Waals surface area contributed by atoms with E-state index in [1.807, 2.05) is 6.07 Å². The predicted molar refractivity (Wildman–Crippen MR) is 95.0 cm³/mol. The fraction of sp³-hybridized carbons (Fsp3) is 0.300. The van der Waals surface area contributed by atoms with Crippen molar-refractivity contribution in [3.63, 3.8) is 0 Å². The topological polar surface area (TPSA) is 58.2 Å². The molecule has 2 N–H and O–H groups in total. The first kappa shape index (κ1) is 16.2. The molecule has 4 nitrogen and oxygen atoms in total. The molecule has 0 radical (unpaired) electrons. The van der Waals surface area contributed by atoms with Gasteiger partial charge in [0, 0.05) is 30.1 Å². The molecule has 124 valence electrons. The average Bonchev–Trinajstić information content (AvgIpc) is 2.55. The first-order valence-electron chi connectivity index (χ1n) is 8.30. The lowest BCUT2D eigenvalue weighted by atomic mass is 9.64. The first-order valence-corrected chi connectivity index (χ1v) is 8.30. The van der Waals surface area contributed by atoms with E-state index in [0.717, 1.165) is 12.8 Å². The van der Waals surface area contributed by atoms with Crippen LogP contribution in [0.15, 0.2) is 54.6 Å². The smallest absolute Gasteiger partial charge is 0.251 e. The monoisotopic (exact) mass is 322 g/mol. The first-order chi connectivity index (χ1) is 11.6. The standard InChI is InChI=1S/C20H22N2O2/c1-15(23)22-18-10-8-16(9-11-18)19(24)21-14-20(12-5-13-20)17-6-3-2-4-7-17/h2-4,6-11H,5,12-14H2,1H3,(H,21,24)(H,22,23). The largest absolute Gasteiger partial charge is 0.351 e. The third kappa shape index (κ3) is 3.48. The highest BCUT2D eigenvalue weighted by Gasteiger charge is 2.38. The number of nitrogens with one attached hydrogen (secondary N) is 2. The highest BCUT2D eigenvalue weighted by Crippen LogP contribution is 2.43. The molecule has 0 bridgehead atoms. The van der Waals surface area contributed by atoms with Crippen molar-refractivity contribution in [1.82, 2.24) is 5.32 Å². The Kier molecular flexibility index (Phi) is 4.65. The second kappa shape index (κ2) is 6.87. The molecule has 0 aromatic heterocycles. The van der Waals surface area contributed by atoms with Gasteiger partial charge >= 0.3 is 0 Å². The molecule has 2 aromatic rings. The summed E-state index contributed by atoms with van der Waals surface area (Å²) in [6.45, 7) is 2.12. The molecule has 24 heavy (non-hydrogen) atoms. The Morgan fingerprint density at radius 1 is 1.00 bits per heavy atom.